The number of aromatic nitrogens is 2. The van der Waals surface area contributed by atoms with E-state index in [0.29, 0.717) is 18.4 Å². The number of nitrogen functional groups attached to an aromatic ring is 1. The number of hydrogen-bond donors (Lipinski definition) is 3. The highest BCUT2D eigenvalue weighted by Gasteiger charge is 2.17. The van der Waals surface area contributed by atoms with Gasteiger partial charge < -0.3 is 10.7 Å². The molecule has 1 amide bonds. The number of nitrogens with one attached hydrogen (secondary N) is 2. The molecule has 7 nitrogen and oxygen atoms in total. The van der Waals surface area contributed by atoms with Crippen molar-refractivity contribution in [1.82, 2.24) is 20.2 Å². The molecule has 0 spiro atoms. The zero-order valence-electron chi connectivity index (χ0n) is 11.8. The fourth-order valence-electron chi connectivity index (χ4n) is 2.36. The number of hydrogen-bond acceptors (Lipinski definition) is 6. The number of anilines is 1. The summed E-state index contributed by atoms with van der Waals surface area (Å²) in [6.45, 7) is 4.97. The summed E-state index contributed by atoms with van der Waals surface area (Å²) < 4.78 is 0. The average Bonchev–Trinajstić information content (AvgIpc) is 2.53. The van der Waals surface area contributed by atoms with Crippen molar-refractivity contribution >= 4 is 11.7 Å². The Labute approximate surface area is 118 Å². The summed E-state index contributed by atoms with van der Waals surface area (Å²) in [6, 6.07) is 0.336. The molecule has 1 aromatic heterocycles. The fourth-order valence-corrected chi connectivity index (χ4v) is 2.36. The molecule has 7 heteroatoms. The summed E-state index contributed by atoms with van der Waals surface area (Å²) in [5.41, 5.74) is 2.65. The molecule has 1 atom stereocenters. The van der Waals surface area contributed by atoms with E-state index in [1.165, 1.54) is 31.7 Å². The maximum Gasteiger partial charge on any atom is 0.271 e. The van der Waals surface area contributed by atoms with E-state index < -0.39 is 0 Å². The second-order valence-electron chi connectivity index (χ2n) is 5.09. The smallest absolute Gasteiger partial charge is 0.271 e. The first-order valence-corrected chi connectivity index (χ1v) is 7.01. The number of hydrazine groups is 1. The fraction of sp³-hybridized carbons (Fsp3) is 0.615. The number of piperidine rings is 1. The maximum absolute atomic E-state index is 12.0. The van der Waals surface area contributed by atoms with Gasteiger partial charge in [-0.15, -0.1) is 0 Å². The molecule has 1 fully saturated rings. The van der Waals surface area contributed by atoms with Crippen LogP contribution in [0.4, 0.5) is 5.82 Å². The summed E-state index contributed by atoms with van der Waals surface area (Å²) in [5, 5.41) is 2.90. The first-order chi connectivity index (χ1) is 9.70. The van der Waals surface area contributed by atoms with Crippen molar-refractivity contribution in [1.29, 1.82) is 0 Å². The van der Waals surface area contributed by atoms with Gasteiger partial charge in [0.15, 0.2) is 5.82 Å². The van der Waals surface area contributed by atoms with Crippen molar-refractivity contribution in [3.05, 3.63) is 18.1 Å². The first kappa shape index (κ1) is 14.7. The minimum absolute atomic E-state index is 0.224. The van der Waals surface area contributed by atoms with Crippen LogP contribution in [0.15, 0.2) is 12.4 Å². The van der Waals surface area contributed by atoms with Gasteiger partial charge in [0.2, 0.25) is 0 Å². The predicted octanol–water partition coefficient (Wildman–Crippen LogP) is 0.366. The normalized spacial score (nSPS) is 17.5. The number of carbonyl (C=O) groups excluding carboxylic acids is 1. The van der Waals surface area contributed by atoms with Gasteiger partial charge in [0.1, 0.15) is 5.69 Å². The van der Waals surface area contributed by atoms with Gasteiger partial charge in [-0.2, -0.15) is 0 Å². The molecule has 0 saturated carbocycles. The Morgan fingerprint density at radius 1 is 1.40 bits per heavy atom. The van der Waals surface area contributed by atoms with Gasteiger partial charge in [0.25, 0.3) is 5.91 Å². The van der Waals surface area contributed by atoms with Crippen LogP contribution < -0.4 is 16.6 Å². The van der Waals surface area contributed by atoms with Crippen molar-refractivity contribution in [2.24, 2.45) is 5.84 Å². The number of amides is 1. The summed E-state index contributed by atoms with van der Waals surface area (Å²) in [6.07, 6.45) is 6.70. The third-order valence-electron chi connectivity index (χ3n) is 3.59. The lowest BCUT2D eigenvalue weighted by Gasteiger charge is -2.32. The van der Waals surface area contributed by atoms with Gasteiger partial charge in [-0.05, 0) is 32.9 Å². The molecule has 1 unspecified atom stereocenters. The van der Waals surface area contributed by atoms with Crippen molar-refractivity contribution in [3.63, 3.8) is 0 Å². The van der Waals surface area contributed by atoms with Gasteiger partial charge in [-0.1, -0.05) is 6.42 Å². The van der Waals surface area contributed by atoms with Crippen molar-refractivity contribution in [2.75, 3.05) is 25.1 Å². The molecule has 1 saturated heterocycles. The topological polar surface area (TPSA) is 96.2 Å². The highest BCUT2D eigenvalue weighted by molar-refractivity contribution is 5.92. The summed E-state index contributed by atoms with van der Waals surface area (Å²) in [5.74, 6) is 5.40. The number of nitrogens with two attached hydrogens (primary N) is 1. The number of carbonyl (C=O) groups is 1. The molecule has 1 aliphatic rings. The Morgan fingerprint density at radius 3 is 2.85 bits per heavy atom. The van der Waals surface area contributed by atoms with Crippen LogP contribution in [-0.2, 0) is 0 Å². The van der Waals surface area contributed by atoms with Crippen LogP contribution in [-0.4, -0.2) is 46.5 Å². The Balaban J connectivity index is 1.84. The van der Waals surface area contributed by atoms with Crippen LogP contribution in [0.1, 0.15) is 36.7 Å². The molecular weight excluding hydrogens is 256 g/mol. The Kier molecular flexibility index (Phi) is 5.25. The number of nitrogens with zero attached hydrogens (tertiary/aromatic N) is 3. The van der Waals surface area contributed by atoms with Gasteiger partial charge in [0.05, 0.1) is 12.4 Å². The zero-order valence-corrected chi connectivity index (χ0v) is 11.8. The third-order valence-corrected chi connectivity index (χ3v) is 3.59. The lowest BCUT2D eigenvalue weighted by atomic mass is 10.1. The van der Waals surface area contributed by atoms with Crippen LogP contribution >= 0.6 is 0 Å². The zero-order chi connectivity index (χ0) is 14.4. The monoisotopic (exact) mass is 278 g/mol. The van der Waals surface area contributed by atoms with E-state index in [2.05, 4.69) is 32.5 Å². The van der Waals surface area contributed by atoms with Gasteiger partial charge in [-0.3, -0.25) is 14.7 Å². The highest BCUT2D eigenvalue weighted by atomic mass is 16.1. The van der Waals surface area contributed by atoms with Crippen LogP contribution in [0.5, 0.6) is 0 Å². The van der Waals surface area contributed by atoms with Gasteiger partial charge in [0, 0.05) is 12.6 Å². The van der Waals surface area contributed by atoms with E-state index in [0.717, 1.165) is 13.1 Å². The van der Waals surface area contributed by atoms with Crippen molar-refractivity contribution in [3.8, 4) is 0 Å². The quantitative estimate of drug-likeness (QED) is 0.532. The Hall–Kier alpha value is -1.73. The van der Waals surface area contributed by atoms with Crippen LogP contribution in [0.2, 0.25) is 0 Å². The molecule has 4 N–H and O–H groups in total. The maximum atomic E-state index is 12.0. The predicted molar refractivity (Wildman–Crippen MR) is 77.1 cm³/mol. The molecule has 0 radical (unpaired) electrons. The van der Waals surface area contributed by atoms with Crippen LogP contribution in [0.25, 0.3) is 0 Å². The minimum Gasteiger partial charge on any atom is -0.349 e. The summed E-state index contributed by atoms with van der Waals surface area (Å²) in [7, 11) is 0. The minimum atomic E-state index is -0.224. The molecule has 0 bridgehead atoms. The van der Waals surface area contributed by atoms with Crippen molar-refractivity contribution in [2.45, 2.75) is 32.2 Å². The number of likely N-dealkylation sites (tertiary alicyclic amines) is 1. The largest absolute Gasteiger partial charge is 0.349 e. The number of rotatable bonds is 5. The third kappa shape index (κ3) is 3.88. The Bertz CT molecular complexity index is 446. The lowest BCUT2D eigenvalue weighted by molar-refractivity contribution is 0.0925. The molecule has 1 aliphatic heterocycles. The summed E-state index contributed by atoms with van der Waals surface area (Å²) in [4.78, 5) is 22.4. The second-order valence-corrected chi connectivity index (χ2v) is 5.09. The molecule has 0 aliphatic carbocycles. The first-order valence-electron chi connectivity index (χ1n) is 7.01. The molecule has 2 heterocycles. The van der Waals surface area contributed by atoms with E-state index in [9.17, 15) is 4.79 Å². The summed E-state index contributed by atoms with van der Waals surface area (Å²) >= 11 is 0. The molecule has 20 heavy (non-hydrogen) atoms. The Morgan fingerprint density at radius 2 is 2.15 bits per heavy atom. The van der Waals surface area contributed by atoms with E-state index >= 15 is 0 Å². The van der Waals surface area contributed by atoms with E-state index in [-0.39, 0.29) is 11.6 Å². The molecule has 1 aromatic rings. The van der Waals surface area contributed by atoms with Crippen LogP contribution in [0, 0.1) is 0 Å². The molecule has 110 valence electrons. The second kappa shape index (κ2) is 7.16. The highest BCUT2D eigenvalue weighted by Crippen LogP contribution is 2.11. The van der Waals surface area contributed by atoms with E-state index in [1.54, 1.807) is 0 Å². The van der Waals surface area contributed by atoms with E-state index in [4.69, 9.17) is 5.84 Å². The molecule has 0 aromatic carbocycles. The van der Waals surface area contributed by atoms with E-state index in [1.807, 2.05) is 0 Å². The van der Waals surface area contributed by atoms with Gasteiger partial charge >= 0.3 is 0 Å². The standard InChI is InChI=1S/C13H22N6O/c1-10(19-5-3-2-4-6-19)7-16-13(20)11-8-15-9-12(17-11)18-14/h8-10H,2-7,14H2,1H3,(H,16,20)(H,17,18). The SMILES string of the molecule is CC(CNC(=O)c1cncc(NN)n1)N1CCCCC1. The lowest BCUT2D eigenvalue weighted by Crippen LogP contribution is -2.44. The average molecular weight is 278 g/mol. The van der Waals surface area contributed by atoms with Crippen LogP contribution in [0.3, 0.4) is 0 Å². The van der Waals surface area contributed by atoms with Crippen molar-refractivity contribution < 1.29 is 4.79 Å². The molecule has 2 rings (SSSR count). The molecular formula is C13H22N6O. The van der Waals surface area contributed by atoms with Gasteiger partial charge in [-0.25, -0.2) is 10.8 Å².